The third-order valence-corrected chi connectivity index (χ3v) is 5.98. The van der Waals surface area contributed by atoms with Gasteiger partial charge in [0.1, 0.15) is 12.4 Å². The molecule has 0 unspecified atom stereocenters. The van der Waals surface area contributed by atoms with Gasteiger partial charge < -0.3 is 9.47 Å². The molecule has 0 aliphatic carbocycles. The van der Waals surface area contributed by atoms with Gasteiger partial charge in [-0.3, -0.25) is 0 Å². The topological polar surface area (TPSA) is 36.3 Å². The van der Waals surface area contributed by atoms with Crippen molar-refractivity contribution in [1.82, 2.24) is 9.78 Å². The first-order valence-electron chi connectivity index (χ1n) is 11.4. The van der Waals surface area contributed by atoms with Crippen LogP contribution in [0.15, 0.2) is 97.1 Å². The summed E-state index contributed by atoms with van der Waals surface area (Å²) in [5.41, 5.74) is 4.11. The lowest BCUT2D eigenvalue weighted by molar-refractivity contribution is 0.260. The molecule has 0 atom stereocenters. The largest absolute Gasteiger partial charge is 0.490 e. The predicted molar refractivity (Wildman–Crippen MR) is 139 cm³/mol. The summed E-state index contributed by atoms with van der Waals surface area (Å²) in [7, 11) is 0. The van der Waals surface area contributed by atoms with Crippen molar-refractivity contribution < 1.29 is 9.47 Å². The first-order valence-corrected chi connectivity index (χ1v) is 11.8. The maximum Gasteiger partial charge on any atom is 0.212 e. The second-order valence-corrected chi connectivity index (χ2v) is 8.35. The number of hydrogen-bond acceptors (Lipinski definition) is 3. The minimum atomic E-state index is 0.422. The van der Waals surface area contributed by atoms with Gasteiger partial charge in [0, 0.05) is 11.6 Å². The van der Waals surface area contributed by atoms with Crippen LogP contribution in [0.3, 0.4) is 0 Å². The third-order valence-electron chi connectivity index (χ3n) is 5.68. The summed E-state index contributed by atoms with van der Waals surface area (Å²) in [5, 5.41) is 7.72. The Bertz CT molecular complexity index is 1410. The molecule has 4 nitrogen and oxygen atoms in total. The number of halogens is 1. The van der Waals surface area contributed by atoms with Crippen LogP contribution in [-0.2, 0) is 6.54 Å². The Hall–Kier alpha value is -3.76. The van der Waals surface area contributed by atoms with Crippen molar-refractivity contribution in [2.75, 3.05) is 13.2 Å². The lowest BCUT2D eigenvalue weighted by Gasteiger charge is -2.12. The van der Waals surface area contributed by atoms with Gasteiger partial charge in [0.2, 0.25) is 5.88 Å². The molecule has 0 bridgehead atoms. The summed E-state index contributed by atoms with van der Waals surface area (Å²) in [5.74, 6) is 1.38. The van der Waals surface area contributed by atoms with Gasteiger partial charge in [-0.05, 0) is 47.0 Å². The molecule has 5 aromatic rings. The highest BCUT2D eigenvalue weighted by Crippen LogP contribution is 2.32. The third kappa shape index (κ3) is 4.78. The fourth-order valence-corrected chi connectivity index (χ4v) is 4.22. The highest BCUT2D eigenvalue weighted by atomic mass is 35.5. The molecule has 0 fully saturated rings. The Labute approximate surface area is 204 Å². The van der Waals surface area contributed by atoms with Crippen LogP contribution in [0.1, 0.15) is 6.92 Å². The molecule has 0 aliphatic rings. The molecule has 0 radical (unpaired) electrons. The van der Waals surface area contributed by atoms with Crippen LogP contribution in [0.4, 0.5) is 0 Å². The van der Waals surface area contributed by atoms with Crippen molar-refractivity contribution in [3.63, 3.8) is 0 Å². The number of nitrogens with zero attached hydrogens (tertiary/aromatic N) is 2. The number of aromatic nitrogens is 2. The molecule has 1 heterocycles. The van der Waals surface area contributed by atoms with E-state index in [0.29, 0.717) is 30.5 Å². The van der Waals surface area contributed by atoms with Gasteiger partial charge in [-0.1, -0.05) is 84.4 Å². The average molecular weight is 469 g/mol. The fraction of sp³-hybridized carbons (Fsp3) is 0.138. The smallest absolute Gasteiger partial charge is 0.212 e. The van der Waals surface area contributed by atoms with E-state index in [0.717, 1.165) is 28.3 Å². The number of fused-ring (bicyclic) bond motifs is 1. The van der Waals surface area contributed by atoms with Gasteiger partial charge >= 0.3 is 0 Å². The molecule has 0 aliphatic heterocycles. The van der Waals surface area contributed by atoms with Gasteiger partial charge in [0.05, 0.1) is 23.9 Å². The van der Waals surface area contributed by atoms with Crippen LogP contribution < -0.4 is 9.47 Å². The Balaban J connectivity index is 1.29. The normalized spacial score (nSPS) is 11.0. The zero-order valence-corrected chi connectivity index (χ0v) is 19.7. The summed E-state index contributed by atoms with van der Waals surface area (Å²) < 4.78 is 13.6. The van der Waals surface area contributed by atoms with Crippen LogP contribution in [0.5, 0.6) is 11.6 Å². The van der Waals surface area contributed by atoms with Crippen molar-refractivity contribution in [2.24, 2.45) is 0 Å². The van der Waals surface area contributed by atoms with E-state index >= 15 is 0 Å². The monoisotopic (exact) mass is 468 g/mol. The average Bonchev–Trinajstić information content (AvgIpc) is 3.28. The Morgan fingerprint density at radius 1 is 0.735 bits per heavy atom. The van der Waals surface area contributed by atoms with Crippen LogP contribution >= 0.6 is 11.6 Å². The van der Waals surface area contributed by atoms with E-state index in [1.807, 2.05) is 72.3 Å². The summed E-state index contributed by atoms with van der Waals surface area (Å²) in [6.07, 6.45) is 0. The zero-order valence-electron chi connectivity index (χ0n) is 18.9. The van der Waals surface area contributed by atoms with E-state index in [1.165, 1.54) is 10.8 Å². The first kappa shape index (κ1) is 22.1. The second kappa shape index (κ2) is 10.0. The summed E-state index contributed by atoms with van der Waals surface area (Å²) in [6, 6.07) is 32.7. The Morgan fingerprint density at radius 3 is 2.26 bits per heavy atom. The minimum absolute atomic E-state index is 0.422. The van der Waals surface area contributed by atoms with Gasteiger partial charge in [-0.2, -0.15) is 5.10 Å². The lowest BCUT2D eigenvalue weighted by atomic mass is 10.0. The summed E-state index contributed by atoms with van der Waals surface area (Å²) >= 11 is 6.57. The molecular formula is C29H25ClN2O2. The Kier molecular flexibility index (Phi) is 6.50. The summed E-state index contributed by atoms with van der Waals surface area (Å²) in [4.78, 5) is 0. The SMILES string of the molecule is CCOc1cc(-c2ccccc2)nn1CCOc1ccc(-c2ccc3ccccc3c2)cc1Cl. The fourth-order valence-electron chi connectivity index (χ4n) is 3.98. The molecule has 0 spiro atoms. The van der Waals surface area contributed by atoms with Crippen molar-refractivity contribution in [3.05, 3.63) is 102 Å². The van der Waals surface area contributed by atoms with Crippen molar-refractivity contribution in [1.29, 1.82) is 0 Å². The van der Waals surface area contributed by atoms with Crippen LogP contribution in [0, 0.1) is 0 Å². The number of ether oxygens (including phenoxy) is 2. The van der Waals surface area contributed by atoms with E-state index in [2.05, 4.69) is 36.4 Å². The molecule has 0 amide bonds. The molecule has 34 heavy (non-hydrogen) atoms. The number of benzene rings is 4. The van der Waals surface area contributed by atoms with Crippen molar-refractivity contribution in [3.8, 4) is 34.0 Å². The summed E-state index contributed by atoms with van der Waals surface area (Å²) in [6.45, 7) is 3.51. The van der Waals surface area contributed by atoms with E-state index < -0.39 is 0 Å². The standard InChI is InChI=1S/C29H25ClN2O2/c1-2-33-29-20-27(22-9-4-3-5-10-22)31-32(29)16-17-34-28-15-14-25(19-26(28)30)24-13-12-21-8-6-7-11-23(21)18-24/h3-15,18-20H,2,16-17H2,1H3. The van der Waals surface area contributed by atoms with Gasteiger partial charge in [0.15, 0.2) is 0 Å². The van der Waals surface area contributed by atoms with E-state index in [1.54, 1.807) is 0 Å². The molecule has 0 saturated heterocycles. The van der Waals surface area contributed by atoms with Gasteiger partial charge in [-0.15, -0.1) is 0 Å². The van der Waals surface area contributed by atoms with Crippen molar-refractivity contribution in [2.45, 2.75) is 13.5 Å². The predicted octanol–water partition coefficient (Wildman–Crippen LogP) is 7.50. The maximum atomic E-state index is 6.57. The highest BCUT2D eigenvalue weighted by Gasteiger charge is 2.11. The van der Waals surface area contributed by atoms with Crippen LogP contribution in [0.25, 0.3) is 33.2 Å². The second-order valence-electron chi connectivity index (χ2n) is 7.95. The molecule has 5 heteroatoms. The van der Waals surface area contributed by atoms with Crippen LogP contribution in [-0.4, -0.2) is 23.0 Å². The molecular weight excluding hydrogens is 444 g/mol. The maximum absolute atomic E-state index is 6.57. The van der Waals surface area contributed by atoms with Crippen LogP contribution in [0.2, 0.25) is 5.02 Å². The van der Waals surface area contributed by atoms with E-state index in [9.17, 15) is 0 Å². The molecule has 170 valence electrons. The molecule has 0 saturated carbocycles. The molecule has 5 rings (SSSR count). The molecule has 4 aromatic carbocycles. The van der Waals surface area contributed by atoms with E-state index in [-0.39, 0.29) is 0 Å². The number of rotatable bonds is 8. The quantitative estimate of drug-likeness (QED) is 0.236. The highest BCUT2D eigenvalue weighted by molar-refractivity contribution is 6.32. The number of hydrogen-bond donors (Lipinski definition) is 0. The first-order chi connectivity index (χ1) is 16.7. The van der Waals surface area contributed by atoms with Gasteiger partial charge in [0.25, 0.3) is 0 Å². The molecule has 1 aromatic heterocycles. The molecule has 0 N–H and O–H groups in total. The lowest BCUT2D eigenvalue weighted by Crippen LogP contribution is -2.11. The van der Waals surface area contributed by atoms with Crippen molar-refractivity contribution >= 4 is 22.4 Å². The van der Waals surface area contributed by atoms with E-state index in [4.69, 9.17) is 26.2 Å². The van der Waals surface area contributed by atoms with Gasteiger partial charge in [-0.25, -0.2) is 4.68 Å². The Morgan fingerprint density at radius 2 is 1.47 bits per heavy atom. The minimum Gasteiger partial charge on any atom is -0.490 e. The zero-order chi connectivity index (χ0) is 23.3.